The number of aliphatic imine (C=N–C) groups is 1. The SMILES string of the molecule is CCNC(=NCc1coc(-c2ccc(C)cc2)n1)NC1CC1c1ccccc1. The Bertz CT molecular complexity index is 931. The van der Waals surface area contributed by atoms with Crippen molar-refractivity contribution in [3.05, 3.63) is 77.7 Å². The number of hydrogen-bond donors (Lipinski definition) is 2. The molecule has 1 aliphatic rings. The van der Waals surface area contributed by atoms with E-state index in [2.05, 4.69) is 76.9 Å². The molecule has 0 saturated heterocycles. The van der Waals surface area contributed by atoms with Gasteiger partial charge in [0.15, 0.2) is 5.96 Å². The maximum Gasteiger partial charge on any atom is 0.226 e. The first kappa shape index (κ1) is 18.3. The quantitative estimate of drug-likeness (QED) is 0.500. The van der Waals surface area contributed by atoms with E-state index in [1.54, 1.807) is 6.26 Å². The lowest BCUT2D eigenvalue weighted by atomic mass is 10.1. The van der Waals surface area contributed by atoms with Gasteiger partial charge in [-0.3, -0.25) is 0 Å². The standard InChI is InChI=1S/C23H26N4O/c1-3-24-23(27-21-13-20(21)17-7-5-4-6-8-17)25-14-19-15-28-22(26-19)18-11-9-16(2)10-12-18/h4-12,15,20-21H,3,13-14H2,1-2H3,(H2,24,25,27). The molecule has 0 spiro atoms. The summed E-state index contributed by atoms with van der Waals surface area (Å²) in [4.78, 5) is 9.26. The number of hydrogen-bond acceptors (Lipinski definition) is 3. The van der Waals surface area contributed by atoms with Crippen LogP contribution in [0.1, 0.15) is 36.1 Å². The molecule has 4 rings (SSSR count). The molecule has 0 amide bonds. The van der Waals surface area contributed by atoms with Gasteiger partial charge in [-0.25, -0.2) is 9.98 Å². The zero-order chi connectivity index (χ0) is 19.3. The van der Waals surface area contributed by atoms with Crippen molar-refractivity contribution < 1.29 is 4.42 Å². The Balaban J connectivity index is 1.38. The molecule has 2 N–H and O–H groups in total. The van der Waals surface area contributed by atoms with Crippen molar-refractivity contribution in [2.24, 2.45) is 4.99 Å². The zero-order valence-corrected chi connectivity index (χ0v) is 16.4. The lowest BCUT2D eigenvalue weighted by molar-refractivity contribution is 0.572. The molecule has 1 saturated carbocycles. The van der Waals surface area contributed by atoms with E-state index in [0.29, 0.717) is 24.4 Å². The Morgan fingerprint density at radius 3 is 2.68 bits per heavy atom. The third-order valence-corrected chi connectivity index (χ3v) is 4.93. The van der Waals surface area contributed by atoms with Gasteiger partial charge in [0.2, 0.25) is 5.89 Å². The van der Waals surface area contributed by atoms with E-state index in [0.717, 1.165) is 30.2 Å². The largest absolute Gasteiger partial charge is 0.444 e. The number of nitrogens with one attached hydrogen (secondary N) is 2. The van der Waals surface area contributed by atoms with Crippen LogP contribution in [0.25, 0.3) is 11.5 Å². The van der Waals surface area contributed by atoms with E-state index in [1.807, 2.05) is 12.1 Å². The number of nitrogens with zero attached hydrogens (tertiary/aromatic N) is 2. The number of oxazole rings is 1. The van der Waals surface area contributed by atoms with Crippen LogP contribution in [0.4, 0.5) is 0 Å². The molecule has 1 fully saturated rings. The van der Waals surface area contributed by atoms with Gasteiger partial charge in [-0.2, -0.15) is 0 Å². The molecule has 1 aromatic heterocycles. The van der Waals surface area contributed by atoms with Crippen LogP contribution >= 0.6 is 0 Å². The predicted octanol–water partition coefficient (Wildman–Crippen LogP) is 4.26. The molecule has 0 bridgehead atoms. The van der Waals surface area contributed by atoms with Gasteiger partial charge in [0, 0.05) is 24.1 Å². The fraction of sp³-hybridized carbons (Fsp3) is 0.304. The highest BCUT2D eigenvalue weighted by atomic mass is 16.3. The van der Waals surface area contributed by atoms with Crippen LogP contribution in [-0.4, -0.2) is 23.5 Å². The molecule has 0 radical (unpaired) electrons. The van der Waals surface area contributed by atoms with E-state index in [9.17, 15) is 0 Å². The van der Waals surface area contributed by atoms with Crippen molar-refractivity contribution in [1.29, 1.82) is 0 Å². The summed E-state index contributed by atoms with van der Waals surface area (Å²) in [6.45, 7) is 5.44. The van der Waals surface area contributed by atoms with Gasteiger partial charge in [0.25, 0.3) is 0 Å². The van der Waals surface area contributed by atoms with Gasteiger partial charge in [0.05, 0.1) is 6.54 Å². The topological polar surface area (TPSA) is 62.5 Å². The number of aryl methyl sites for hydroxylation is 1. The minimum atomic E-state index is 0.431. The van der Waals surface area contributed by atoms with E-state index in [1.165, 1.54) is 11.1 Å². The minimum absolute atomic E-state index is 0.431. The monoisotopic (exact) mass is 374 g/mol. The molecule has 1 heterocycles. The van der Waals surface area contributed by atoms with Crippen LogP contribution in [0.3, 0.4) is 0 Å². The number of rotatable bonds is 6. The first-order chi connectivity index (χ1) is 13.7. The fourth-order valence-electron chi connectivity index (χ4n) is 3.29. The fourth-order valence-corrected chi connectivity index (χ4v) is 3.29. The average Bonchev–Trinajstić information content (AvgIpc) is 3.33. The molecule has 5 nitrogen and oxygen atoms in total. The van der Waals surface area contributed by atoms with E-state index < -0.39 is 0 Å². The zero-order valence-electron chi connectivity index (χ0n) is 16.4. The molecule has 1 aliphatic carbocycles. The third kappa shape index (κ3) is 4.42. The first-order valence-corrected chi connectivity index (χ1v) is 9.84. The highest BCUT2D eigenvalue weighted by Crippen LogP contribution is 2.40. The minimum Gasteiger partial charge on any atom is -0.444 e. The summed E-state index contributed by atoms with van der Waals surface area (Å²) in [5.41, 5.74) is 4.41. The average molecular weight is 374 g/mol. The van der Waals surface area contributed by atoms with Crippen LogP contribution in [0.15, 0.2) is 70.3 Å². The van der Waals surface area contributed by atoms with Crippen LogP contribution < -0.4 is 10.6 Å². The molecule has 3 aromatic rings. The van der Waals surface area contributed by atoms with Gasteiger partial charge in [-0.1, -0.05) is 48.0 Å². The maximum absolute atomic E-state index is 5.63. The van der Waals surface area contributed by atoms with Gasteiger partial charge in [-0.15, -0.1) is 0 Å². The highest BCUT2D eigenvalue weighted by molar-refractivity contribution is 5.80. The summed E-state index contributed by atoms with van der Waals surface area (Å²) >= 11 is 0. The second-order valence-corrected chi connectivity index (χ2v) is 7.21. The van der Waals surface area contributed by atoms with Crippen molar-refractivity contribution in [2.75, 3.05) is 6.54 Å². The smallest absolute Gasteiger partial charge is 0.226 e. The molecule has 28 heavy (non-hydrogen) atoms. The van der Waals surface area contributed by atoms with Gasteiger partial charge >= 0.3 is 0 Å². The van der Waals surface area contributed by atoms with Crippen molar-refractivity contribution in [1.82, 2.24) is 15.6 Å². The number of aromatic nitrogens is 1. The van der Waals surface area contributed by atoms with E-state index >= 15 is 0 Å². The predicted molar refractivity (Wildman–Crippen MR) is 112 cm³/mol. The van der Waals surface area contributed by atoms with E-state index in [-0.39, 0.29) is 0 Å². The Morgan fingerprint density at radius 2 is 1.93 bits per heavy atom. The normalized spacial score (nSPS) is 18.7. The Morgan fingerprint density at radius 1 is 1.14 bits per heavy atom. The Hall–Kier alpha value is -3.08. The summed E-state index contributed by atoms with van der Waals surface area (Å²) in [5.74, 6) is 2.02. The van der Waals surface area contributed by atoms with Crippen molar-refractivity contribution in [3.63, 3.8) is 0 Å². The molecule has 2 atom stereocenters. The lowest BCUT2D eigenvalue weighted by Crippen LogP contribution is -2.39. The number of benzene rings is 2. The van der Waals surface area contributed by atoms with Crippen LogP contribution in [0.2, 0.25) is 0 Å². The molecule has 2 aromatic carbocycles. The third-order valence-electron chi connectivity index (χ3n) is 4.93. The van der Waals surface area contributed by atoms with Crippen molar-refractivity contribution in [2.45, 2.75) is 38.8 Å². The van der Waals surface area contributed by atoms with Gasteiger partial charge in [0.1, 0.15) is 12.0 Å². The van der Waals surface area contributed by atoms with Gasteiger partial charge in [-0.05, 0) is 38.0 Å². The molecule has 2 unspecified atom stereocenters. The molecule has 144 valence electrons. The molecule has 0 aliphatic heterocycles. The number of guanidine groups is 1. The molecular weight excluding hydrogens is 348 g/mol. The Kier molecular flexibility index (Phi) is 5.42. The maximum atomic E-state index is 5.63. The van der Waals surface area contributed by atoms with E-state index in [4.69, 9.17) is 4.42 Å². The van der Waals surface area contributed by atoms with Crippen LogP contribution in [0.5, 0.6) is 0 Å². The van der Waals surface area contributed by atoms with Crippen molar-refractivity contribution in [3.8, 4) is 11.5 Å². The van der Waals surface area contributed by atoms with Crippen LogP contribution in [0, 0.1) is 6.92 Å². The molecular formula is C23H26N4O. The summed E-state index contributed by atoms with van der Waals surface area (Å²) in [6.07, 6.45) is 2.82. The Labute approximate surface area is 165 Å². The summed E-state index contributed by atoms with van der Waals surface area (Å²) < 4.78 is 5.63. The second kappa shape index (κ2) is 8.30. The molecule has 5 heteroatoms. The van der Waals surface area contributed by atoms with Crippen LogP contribution in [-0.2, 0) is 6.54 Å². The second-order valence-electron chi connectivity index (χ2n) is 7.21. The van der Waals surface area contributed by atoms with Crippen molar-refractivity contribution >= 4 is 5.96 Å². The van der Waals surface area contributed by atoms with Gasteiger partial charge < -0.3 is 15.1 Å². The lowest BCUT2D eigenvalue weighted by Gasteiger charge is -2.10. The summed E-state index contributed by atoms with van der Waals surface area (Å²) in [5, 5.41) is 6.86. The highest BCUT2D eigenvalue weighted by Gasteiger charge is 2.38. The summed E-state index contributed by atoms with van der Waals surface area (Å²) in [6, 6.07) is 19.2. The first-order valence-electron chi connectivity index (χ1n) is 9.84. The summed E-state index contributed by atoms with van der Waals surface area (Å²) in [7, 11) is 0.